The Labute approximate surface area is 122 Å². The molecule has 0 aliphatic carbocycles. The third-order valence-corrected chi connectivity index (χ3v) is 6.73. The van der Waals surface area contributed by atoms with Gasteiger partial charge in [-0.2, -0.15) is 0 Å². The number of benzene rings is 2. The van der Waals surface area contributed by atoms with Gasteiger partial charge in [-0.1, -0.05) is 24.3 Å². The smallest absolute Gasteiger partial charge is 0.0441 e. The van der Waals surface area contributed by atoms with E-state index in [-0.39, 0.29) is 4.75 Å². The molecule has 2 nitrogen and oxygen atoms in total. The molecule has 0 radical (unpaired) electrons. The summed E-state index contributed by atoms with van der Waals surface area (Å²) in [4.78, 5) is 2.93. The summed E-state index contributed by atoms with van der Waals surface area (Å²) in [7, 11) is 1.68. The molecule has 0 aromatic heterocycles. The van der Waals surface area contributed by atoms with Gasteiger partial charge in [-0.3, -0.25) is 4.21 Å². The van der Waals surface area contributed by atoms with Gasteiger partial charge in [0.25, 0.3) is 0 Å². The van der Waals surface area contributed by atoms with Crippen LogP contribution < -0.4 is 4.90 Å². The molecule has 1 atom stereocenters. The highest BCUT2D eigenvalue weighted by Crippen LogP contribution is 2.34. The maximum atomic E-state index is 13.2. The minimum atomic E-state index is -2.36. The first kappa shape index (κ1) is 14.9. The van der Waals surface area contributed by atoms with Crippen LogP contribution in [0.15, 0.2) is 41.3 Å². The average Bonchev–Trinajstić information content (AvgIpc) is 2.35. The minimum absolute atomic E-state index is 0.366. The lowest BCUT2D eigenvalue weighted by Gasteiger charge is -2.26. The van der Waals surface area contributed by atoms with Gasteiger partial charge in [0.2, 0.25) is 0 Å². The van der Waals surface area contributed by atoms with Crippen LogP contribution in [0, 0.1) is 0 Å². The van der Waals surface area contributed by atoms with E-state index in [0.717, 1.165) is 21.4 Å². The first-order valence-corrected chi connectivity index (χ1v) is 8.45. The molecule has 0 aliphatic heterocycles. The molecule has 0 saturated heterocycles. The van der Waals surface area contributed by atoms with Crippen LogP contribution in [0.3, 0.4) is 0 Å². The number of fused-ring (bicyclic) bond motifs is 1. The summed E-state index contributed by atoms with van der Waals surface area (Å²) in [6.07, 6.45) is 0. The van der Waals surface area contributed by atoms with Gasteiger partial charge in [-0.15, -0.1) is 0 Å². The van der Waals surface area contributed by atoms with E-state index in [1.807, 2.05) is 59.1 Å². The molecule has 0 amide bonds. The molecular weight excluding hydrogens is 266 g/mol. The third kappa shape index (κ3) is 2.31. The molecule has 0 saturated carbocycles. The van der Waals surface area contributed by atoms with Crippen molar-refractivity contribution in [2.75, 3.05) is 19.0 Å². The average molecular weight is 289 g/mol. The summed E-state index contributed by atoms with van der Waals surface area (Å²) in [6, 6.07) is 12.1. The van der Waals surface area contributed by atoms with E-state index in [1.54, 1.807) is 0 Å². The largest absolute Gasteiger partial charge is 0.377 e. The summed E-state index contributed by atoms with van der Waals surface area (Å²) in [5.41, 5.74) is 1.13. The Bertz CT molecular complexity index is 737. The van der Waals surface area contributed by atoms with Gasteiger partial charge in [0.05, 0.1) is 0 Å². The zero-order valence-corrected chi connectivity index (χ0v) is 13.8. The lowest BCUT2D eigenvalue weighted by Crippen LogP contribution is -2.27. The number of hydrogen-bond acceptors (Lipinski definition) is 2. The fraction of sp³-hybridized carbons (Fsp3) is 0.353. The maximum Gasteiger partial charge on any atom is 0.0441 e. The molecule has 2 aromatic rings. The number of anilines is 1. The molecule has 0 aliphatic rings. The second-order valence-electron chi connectivity index (χ2n) is 6.31. The van der Waals surface area contributed by atoms with Gasteiger partial charge in [-0.05, 0) is 44.2 Å². The normalized spacial score (nSPS) is 15.1. The monoisotopic (exact) mass is 289 g/mol. The van der Waals surface area contributed by atoms with Crippen LogP contribution in [0.5, 0.6) is 0 Å². The van der Waals surface area contributed by atoms with E-state index in [9.17, 15) is 4.21 Å². The van der Waals surface area contributed by atoms with Crippen LogP contribution in [0.25, 0.3) is 10.8 Å². The third-order valence-electron chi connectivity index (χ3n) is 3.69. The van der Waals surface area contributed by atoms with Gasteiger partial charge >= 0.3 is 0 Å². The van der Waals surface area contributed by atoms with Gasteiger partial charge < -0.3 is 4.90 Å². The predicted octanol–water partition coefficient (Wildman–Crippen LogP) is 3.78. The summed E-state index contributed by atoms with van der Waals surface area (Å²) in [5, 5.41) is 2.16. The standard InChI is InChI=1S/C17H23NOS/c1-17(2,3)20(6,19)16-12-8-9-13-14(16)10-7-11-15(13)18(4)5/h7-12H,6H2,1-5H3. The van der Waals surface area contributed by atoms with Crippen molar-refractivity contribution in [2.45, 2.75) is 30.4 Å². The lowest BCUT2D eigenvalue weighted by atomic mass is 10.1. The predicted molar refractivity (Wildman–Crippen MR) is 91.6 cm³/mol. The number of hydrogen-bond donors (Lipinski definition) is 0. The topological polar surface area (TPSA) is 20.3 Å². The summed E-state index contributed by atoms with van der Waals surface area (Å²) in [6.45, 7) is 5.95. The molecule has 2 aromatic carbocycles. The van der Waals surface area contributed by atoms with Gasteiger partial charge in [0.15, 0.2) is 0 Å². The fourth-order valence-corrected chi connectivity index (χ4v) is 3.76. The van der Waals surface area contributed by atoms with Crippen molar-refractivity contribution in [3.63, 3.8) is 0 Å². The molecule has 0 N–H and O–H groups in total. The highest BCUT2D eigenvalue weighted by Gasteiger charge is 2.26. The maximum absolute atomic E-state index is 13.2. The summed E-state index contributed by atoms with van der Waals surface area (Å²) in [5.74, 6) is 4.05. The van der Waals surface area contributed by atoms with E-state index < -0.39 is 9.52 Å². The van der Waals surface area contributed by atoms with Crippen LogP contribution in [0.4, 0.5) is 5.69 Å². The zero-order valence-electron chi connectivity index (χ0n) is 12.9. The van der Waals surface area contributed by atoms with E-state index >= 15 is 0 Å². The van der Waals surface area contributed by atoms with Gasteiger partial charge in [0.1, 0.15) is 0 Å². The van der Waals surface area contributed by atoms with Gasteiger partial charge in [-0.25, -0.2) is 0 Å². The Morgan fingerprint density at radius 3 is 2.10 bits per heavy atom. The van der Waals surface area contributed by atoms with Crippen molar-refractivity contribution >= 4 is 31.9 Å². The van der Waals surface area contributed by atoms with Crippen LogP contribution in [0.2, 0.25) is 0 Å². The Morgan fingerprint density at radius 2 is 1.55 bits per heavy atom. The second kappa shape index (κ2) is 4.81. The number of rotatable bonds is 2. The molecule has 2 rings (SSSR count). The Kier molecular flexibility index (Phi) is 3.59. The first-order valence-electron chi connectivity index (χ1n) is 6.72. The molecular formula is C17H23NOS. The van der Waals surface area contributed by atoms with Crippen molar-refractivity contribution in [3.8, 4) is 0 Å². The molecule has 1 unspecified atom stereocenters. The van der Waals surface area contributed by atoms with Crippen molar-refractivity contribution in [3.05, 3.63) is 36.4 Å². The Balaban J connectivity index is 2.85. The van der Waals surface area contributed by atoms with Crippen LogP contribution >= 0.6 is 0 Å². The second-order valence-corrected chi connectivity index (χ2v) is 9.33. The molecule has 0 bridgehead atoms. The quantitative estimate of drug-likeness (QED) is 0.784. The molecule has 0 fully saturated rings. The molecule has 0 heterocycles. The SMILES string of the molecule is C=S(=O)(c1cccc2c(N(C)C)cccc12)C(C)(C)C. The van der Waals surface area contributed by atoms with Crippen molar-refractivity contribution in [2.24, 2.45) is 0 Å². The molecule has 3 heteroatoms. The lowest BCUT2D eigenvalue weighted by molar-refractivity contribution is 0.647. The fourth-order valence-electron chi connectivity index (χ4n) is 2.27. The van der Waals surface area contributed by atoms with Crippen molar-refractivity contribution < 1.29 is 4.21 Å². The highest BCUT2D eigenvalue weighted by atomic mass is 32.2. The number of nitrogens with zero attached hydrogens (tertiary/aromatic N) is 1. The minimum Gasteiger partial charge on any atom is -0.377 e. The Hall–Kier alpha value is -1.48. The summed E-state index contributed by atoms with van der Waals surface area (Å²) >= 11 is 0. The van der Waals surface area contributed by atoms with E-state index in [0.29, 0.717) is 0 Å². The van der Waals surface area contributed by atoms with E-state index in [2.05, 4.69) is 22.9 Å². The van der Waals surface area contributed by atoms with Crippen LogP contribution in [-0.2, 0) is 9.52 Å². The van der Waals surface area contributed by atoms with Crippen molar-refractivity contribution in [1.82, 2.24) is 0 Å². The molecule has 20 heavy (non-hydrogen) atoms. The zero-order chi connectivity index (χ0) is 15.1. The first-order chi connectivity index (χ1) is 9.16. The molecule has 0 spiro atoms. The van der Waals surface area contributed by atoms with Crippen LogP contribution in [0.1, 0.15) is 20.8 Å². The van der Waals surface area contributed by atoms with Crippen molar-refractivity contribution in [1.29, 1.82) is 0 Å². The van der Waals surface area contributed by atoms with Gasteiger partial charge in [0, 0.05) is 44.3 Å². The molecule has 108 valence electrons. The van der Waals surface area contributed by atoms with E-state index in [1.165, 1.54) is 0 Å². The highest BCUT2D eigenvalue weighted by molar-refractivity contribution is 8.01. The Morgan fingerprint density at radius 1 is 1.00 bits per heavy atom. The summed E-state index contributed by atoms with van der Waals surface area (Å²) < 4.78 is 12.8. The van der Waals surface area contributed by atoms with Crippen LogP contribution in [-0.4, -0.2) is 28.9 Å². The van der Waals surface area contributed by atoms with E-state index in [4.69, 9.17) is 0 Å².